The Labute approximate surface area is 138 Å². The molecule has 0 aliphatic rings. The minimum Gasteiger partial charge on any atom is -0.478 e. The van der Waals surface area contributed by atoms with Crippen molar-refractivity contribution in [3.8, 4) is 0 Å². The molecule has 120 valence electrons. The number of carboxylic acid groups (broad SMARTS) is 1. The quantitative estimate of drug-likeness (QED) is 0.723. The highest BCUT2D eigenvalue weighted by Crippen LogP contribution is 2.21. The van der Waals surface area contributed by atoms with E-state index in [0.29, 0.717) is 6.54 Å². The first-order valence-corrected chi connectivity index (χ1v) is 7.37. The maximum Gasteiger partial charge on any atom is 0.335 e. The van der Waals surface area contributed by atoms with Crippen molar-refractivity contribution in [2.75, 3.05) is 0 Å². The molecule has 3 aromatic rings. The Morgan fingerprint density at radius 3 is 2.33 bits per heavy atom. The molecule has 5 heteroatoms. The second-order valence-corrected chi connectivity index (χ2v) is 5.34. The number of nitrogens with zero attached hydrogens (tertiary/aromatic N) is 2. The molecule has 1 aromatic heterocycles. The molecule has 0 saturated carbocycles. The summed E-state index contributed by atoms with van der Waals surface area (Å²) in [5.41, 5.74) is 2.98. The third-order valence-electron chi connectivity index (χ3n) is 3.63. The molecule has 0 atom stereocenters. The lowest BCUT2D eigenvalue weighted by Crippen LogP contribution is -1.99. The van der Waals surface area contributed by atoms with Crippen molar-refractivity contribution in [3.63, 3.8) is 0 Å². The van der Waals surface area contributed by atoms with E-state index in [1.807, 2.05) is 16.8 Å². The zero-order valence-corrected chi connectivity index (χ0v) is 12.8. The molecule has 1 heterocycles. The summed E-state index contributed by atoms with van der Waals surface area (Å²) in [5.74, 6) is -1.24. The van der Waals surface area contributed by atoms with Crippen LogP contribution in [0.15, 0.2) is 67.3 Å². The Hall–Kier alpha value is -3.21. The van der Waals surface area contributed by atoms with Crippen molar-refractivity contribution in [3.05, 3.63) is 89.8 Å². The van der Waals surface area contributed by atoms with E-state index in [0.717, 1.165) is 16.7 Å². The van der Waals surface area contributed by atoms with Gasteiger partial charge in [0.2, 0.25) is 0 Å². The lowest BCUT2D eigenvalue weighted by molar-refractivity contribution is 0.0697. The van der Waals surface area contributed by atoms with E-state index in [-0.39, 0.29) is 11.4 Å². The zero-order valence-electron chi connectivity index (χ0n) is 12.8. The molecule has 4 nitrogen and oxygen atoms in total. The van der Waals surface area contributed by atoms with Gasteiger partial charge in [0.25, 0.3) is 0 Å². The van der Waals surface area contributed by atoms with Crippen LogP contribution in [0.3, 0.4) is 0 Å². The molecule has 24 heavy (non-hydrogen) atoms. The molecule has 0 saturated heterocycles. The first-order valence-electron chi connectivity index (χ1n) is 7.37. The van der Waals surface area contributed by atoms with Crippen molar-refractivity contribution in [2.24, 2.45) is 0 Å². The van der Waals surface area contributed by atoms with Gasteiger partial charge in [-0.1, -0.05) is 24.3 Å². The second-order valence-electron chi connectivity index (χ2n) is 5.34. The first kappa shape index (κ1) is 15.7. The van der Waals surface area contributed by atoms with Crippen LogP contribution in [0.5, 0.6) is 0 Å². The van der Waals surface area contributed by atoms with Gasteiger partial charge in [-0.25, -0.2) is 14.2 Å². The largest absolute Gasteiger partial charge is 0.478 e. The van der Waals surface area contributed by atoms with Gasteiger partial charge in [-0.2, -0.15) is 0 Å². The Bertz CT molecular complexity index is 851. The standard InChI is InChI=1S/C19H15FN2O2/c20-18-7-5-15(6-8-18)17(12-22-10-9-21-13-22)11-14-1-3-16(4-2-14)19(23)24/h1-11,13H,12H2,(H,23,24). The Kier molecular flexibility index (Phi) is 4.52. The minimum absolute atomic E-state index is 0.241. The van der Waals surface area contributed by atoms with Gasteiger partial charge in [-0.3, -0.25) is 0 Å². The smallest absolute Gasteiger partial charge is 0.335 e. The van der Waals surface area contributed by atoms with E-state index >= 15 is 0 Å². The maximum atomic E-state index is 13.2. The zero-order chi connectivity index (χ0) is 16.9. The maximum absolute atomic E-state index is 13.2. The second kappa shape index (κ2) is 6.91. The molecule has 0 spiro atoms. The fourth-order valence-corrected chi connectivity index (χ4v) is 2.38. The lowest BCUT2D eigenvalue weighted by Gasteiger charge is -2.10. The topological polar surface area (TPSA) is 55.1 Å². The van der Waals surface area contributed by atoms with Crippen molar-refractivity contribution in [1.82, 2.24) is 9.55 Å². The average molecular weight is 322 g/mol. The predicted molar refractivity (Wildman–Crippen MR) is 89.9 cm³/mol. The molecule has 0 bridgehead atoms. The summed E-state index contributed by atoms with van der Waals surface area (Å²) in [6, 6.07) is 12.9. The summed E-state index contributed by atoms with van der Waals surface area (Å²) >= 11 is 0. The number of aromatic nitrogens is 2. The Balaban J connectivity index is 1.96. The molecular weight excluding hydrogens is 307 g/mol. The van der Waals surface area contributed by atoms with Crippen LogP contribution in [0.1, 0.15) is 21.5 Å². The van der Waals surface area contributed by atoms with E-state index in [2.05, 4.69) is 4.98 Å². The normalized spacial score (nSPS) is 11.5. The number of carboxylic acids is 1. The van der Waals surface area contributed by atoms with E-state index < -0.39 is 5.97 Å². The summed E-state index contributed by atoms with van der Waals surface area (Å²) in [6.07, 6.45) is 7.22. The molecule has 1 N–H and O–H groups in total. The summed E-state index contributed by atoms with van der Waals surface area (Å²) in [7, 11) is 0. The van der Waals surface area contributed by atoms with Crippen LogP contribution in [0.4, 0.5) is 4.39 Å². The third-order valence-corrected chi connectivity index (χ3v) is 3.63. The first-order chi connectivity index (χ1) is 11.6. The predicted octanol–water partition coefficient (Wildman–Crippen LogP) is 3.96. The summed E-state index contributed by atoms with van der Waals surface area (Å²) < 4.78 is 15.1. The highest BCUT2D eigenvalue weighted by Gasteiger charge is 2.06. The van der Waals surface area contributed by atoms with Gasteiger partial charge in [0.05, 0.1) is 11.9 Å². The molecule has 0 aliphatic carbocycles. The minimum atomic E-state index is -0.956. The van der Waals surface area contributed by atoms with Crippen LogP contribution in [-0.4, -0.2) is 20.6 Å². The monoisotopic (exact) mass is 322 g/mol. The highest BCUT2D eigenvalue weighted by molar-refractivity contribution is 5.88. The van der Waals surface area contributed by atoms with Crippen molar-refractivity contribution >= 4 is 17.6 Å². The summed E-state index contributed by atoms with van der Waals surface area (Å²) in [4.78, 5) is 15.0. The fraction of sp³-hybridized carbons (Fsp3) is 0.0526. The van der Waals surface area contributed by atoms with Crippen LogP contribution in [0.25, 0.3) is 11.6 Å². The summed E-state index contributed by atoms with van der Waals surface area (Å²) in [5, 5.41) is 8.97. The van der Waals surface area contributed by atoms with E-state index in [9.17, 15) is 9.18 Å². The number of rotatable bonds is 5. The van der Waals surface area contributed by atoms with Crippen LogP contribution in [0.2, 0.25) is 0 Å². The van der Waals surface area contributed by atoms with E-state index in [1.54, 1.807) is 48.9 Å². The van der Waals surface area contributed by atoms with Gasteiger partial charge >= 0.3 is 5.97 Å². The van der Waals surface area contributed by atoms with Gasteiger partial charge < -0.3 is 9.67 Å². The molecule has 0 unspecified atom stereocenters. The molecule has 0 amide bonds. The van der Waals surface area contributed by atoms with Crippen LogP contribution < -0.4 is 0 Å². The van der Waals surface area contributed by atoms with Crippen LogP contribution in [-0.2, 0) is 6.54 Å². The van der Waals surface area contributed by atoms with Gasteiger partial charge in [-0.15, -0.1) is 0 Å². The van der Waals surface area contributed by atoms with E-state index in [1.165, 1.54) is 12.1 Å². The van der Waals surface area contributed by atoms with Gasteiger partial charge in [0.15, 0.2) is 0 Å². The van der Waals surface area contributed by atoms with Gasteiger partial charge in [0, 0.05) is 18.9 Å². The molecule has 3 rings (SSSR count). The van der Waals surface area contributed by atoms with Crippen molar-refractivity contribution in [1.29, 1.82) is 0 Å². The Morgan fingerprint density at radius 2 is 1.75 bits per heavy atom. The number of carbonyl (C=O) groups is 1. The molecular formula is C19H15FN2O2. The number of aromatic carboxylic acids is 1. The Morgan fingerprint density at radius 1 is 1.08 bits per heavy atom. The van der Waals surface area contributed by atoms with Crippen molar-refractivity contribution in [2.45, 2.75) is 6.54 Å². The van der Waals surface area contributed by atoms with Crippen LogP contribution >= 0.6 is 0 Å². The fourth-order valence-electron chi connectivity index (χ4n) is 2.38. The third kappa shape index (κ3) is 3.76. The van der Waals surface area contributed by atoms with E-state index in [4.69, 9.17) is 5.11 Å². The summed E-state index contributed by atoms with van der Waals surface area (Å²) in [6.45, 7) is 0.576. The molecule has 2 aromatic carbocycles. The lowest BCUT2D eigenvalue weighted by atomic mass is 10.0. The molecule has 0 radical (unpaired) electrons. The number of benzene rings is 2. The van der Waals surface area contributed by atoms with Gasteiger partial charge in [0.1, 0.15) is 5.82 Å². The van der Waals surface area contributed by atoms with Crippen LogP contribution in [0, 0.1) is 5.82 Å². The number of allylic oxidation sites excluding steroid dienone is 1. The number of hydrogen-bond acceptors (Lipinski definition) is 2. The highest BCUT2D eigenvalue weighted by atomic mass is 19.1. The average Bonchev–Trinajstić information content (AvgIpc) is 3.08. The van der Waals surface area contributed by atoms with Gasteiger partial charge in [-0.05, 0) is 47.0 Å². The number of imidazole rings is 1. The molecule has 0 aliphatic heterocycles. The van der Waals surface area contributed by atoms with Crippen molar-refractivity contribution < 1.29 is 14.3 Å². The molecule has 0 fully saturated rings. The SMILES string of the molecule is O=C(O)c1ccc(C=C(Cn2ccnc2)c2ccc(F)cc2)cc1. The number of hydrogen-bond donors (Lipinski definition) is 1. The number of halogens is 1.